The van der Waals surface area contributed by atoms with Crippen molar-refractivity contribution in [3.8, 4) is 0 Å². The molecule has 0 aromatic carbocycles. The highest BCUT2D eigenvalue weighted by molar-refractivity contribution is 5.70. The number of aliphatic hydroxyl groups excluding tert-OH is 2. The van der Waals surface area contributed by atoms with E-state index in [1.807, 2.05) is 30.4 Å². The molecule has 53 heavy (non-hydrogen) atoms. The third-order valence-corrected chi connectivity index (χ3v) is 8.98. The van der Waals surface area contributed by atoms with E-state index in [0.717, 1.165) is 50.9 Å². The average molecular weight is 741 g/mol. The van der Waals surface area contributed by atoms with Gasteiger partial charge in [-0.3, -0.25) is 9.59 Å². The quantitative estimate of drug-likeness (QED) is 0.0285. The maximum Gasteiger partial charge on any atom is 0.306 e. The van der Waals surface area contributed by atoms with Crippen molar-refractivity contribution in [2.75, 3.05) is 13.2 Å². The SMILES string of the molecule is CC/C=C\C/C=C\C/C=C\C/C=C\C=C/C(O)C/C=C\CCC(=O)OC[C@H](O)COC(=O)CCCCCCCCCCCCCCCCCCC(C)C. The first-order chi connectivity index (χ1) is 25.8. The smallest absolute Gasteiger partial charge is 0.306 e. The van der Waals surface area contributed by atoms with E-state index in [-0.39, 0.29) is 25.6 Å². The largest absolute Gasteiger partial charge is 0.463 e. The van der Waals surface area contributed by atoms with Crippen LogP contribution in [0.5, 0.6) is 0 Å². The van der Waals surface area contributed by atoms with E-state index >= 15 is 0 Å². The molecule has 0 aliphatic carbocycles. The Hall–Kier alpha value is -2.70. The summed E-state index contributed by atoms with van der Waals surface area (Å²) in [6.45, 7) is 6.40. The Balaban J connectivity index is 3.62. The second kappa shape index (κ2) is 40.5. The normalized spacial score (nSPS) is 13.6. The van der Waals surface area contributed by atoms with Gasteiger partial charge in [0, 0.05) is 12.8 Å². The van der Waals surface area contributed by atoms with Gasteiger partial charge in [-0.05, 0) is 50.9 Å². The molecule has 1 unspecified atom stereocenters. The Morgan fingerprint density at radius 1 is 0.528 bits per heavy atom. The van der Waals surface area contributed by atoms with Gasteiger partial charge in [-0.25, -0.2) is 0 Å². The lowest BCUT2D eigenvalue weighted by atomic mass is 10.0. The van der Waals surface area contributed by atoms with Gasteiger partial charge in [0.1, 0.15) is 19.3 Å². The lowest BCUT2D eigenvalue weighted by Crippen LogP contribution is -2.25. The van der Waals surface area contributed by atoms with Gasteiger partial charge in [-0.15, -0.1) is 0 Å². The van der Waals surface area contributed by atoms with Gasteiger partial charge in [-0.2, -0.15) is 0 Å². The van der Waals surface area contributed by atoms with Gasteiger partial charge in [0.2, 0.25) is 0 Å². The lowest BCUT2D eigenvalue weighted by Gasteiger charge is -2.12. The molecule has 0 aromatic rings. The zero-order valence-electron chi connectivity index (χ0n) is 34.3. The third kappa shape index (κ3) is 41.9. The summed E-state index contributed by atoms with van der Waals surface area (Å²) < 4.78 is 10.3. The lowest BCUT2D eigenvalue weighted by molar-refractivity contribution is -0.152. The minimum atomic E-state index is -1.03. The molecule has 0 fully saturated rings. The van der Waals surface area contributed by atoms with Gasteiger partial charge in [-0.1, -0.05) is 196 Å². The first-order valence-corrected chi connectivity index (χ1v) is 21.5. The highest BCUT2D eigenvalue weighted by atomic mass is 16.6. The Morgan fingerprint density at radius 3 is 1.49 bits per heavy atom. The van der Waals surface area contributed by atoms with E-state index in [2.05, 4.69) is 57.2 Å². The molecule has 2 atom stereocenters. The number of hydrogen-bond acceptors (Lipinski definition) is 6. The average Bonchev–Trinajstić information content (AvgIpc) is 3.14. The predicted octanol–water partition coefficient (Wildman–Crippen LogP) is 12.6. The molecule has 0 aromatic heterocycles. The summed E-state index contributed by atoms with van der Waals surface area (Å²) in [7, 11) is 0. The number of aliphatic hydroxyl groups is 2. The topological polar surface area (TPSA) is 93.1 Å². The Bertz CT molecular complexity index is 1000. The summed E-state index contributed by atoms with van der Waals surface area (Å²) in [6.07, 6.45) is 50.0. The van der Waals surface area contributed by atoms with E-state index in [9.17, 15) is 19.8 Å². The van der Waals surface area contributed by atoms with Crippen LogP contribution in [0.25, 0.3) is 0 Å². The molecule has 0 saturated carbocycles. The second-order valence-corrected chi connectivity index (χ2v) is 14.8. The molecule has 6 heteroatoms. The molecule has 0 aliphatic heterocycles. The van der Waals surface area contributed by atoms with Crippen LogP contribution >= 0.6 is 0 Å². The summed E-state index contributed by atoms with van der Waals surface area (Å²) in [5.74, 6) is 0.110. The first kappa shape index (κ1) is 50.3. The van der Waals surface area contributed by atoms with Gasteiger partial charge >= 0.3 is 11.9 Å². The maximum atomic E-state index is 12.0. The van der Waals surface area contributed by atoms with Gasteiger partial charge in [0.15, 0.2) is 0 Å². The van der Waals surface area contributed by atoms with Crippen LogP contribution in [0, 0.1) is 5.92 Å². The molecule has 0 saturated heterocycles. The van der Waals surface area contributed by atoms with Crippen molar-refractivity contribution < 1.29 is 29.3 Å². The molecule has 304 valence electrons. The fourth-order valence-corrected chi connectivity index (χ4v) is 5.73. The third-order valence-electron chi connectivity index (χ3n) is 8.98. The minimum absolute atomic E-state index is 0.170. The zero-order chi connectivity index (χ0) is 38.9. The molecule has 0 radical (unpaired) electrons. The van der Waals surface area contributed by atoms with Crippen molar-refractivity contribution in [3.63, 3.8) is 0 Å². The van der Waals surface area contributed by atoms with Gasteiger partial charge in [0.05, 0.1) is 6.10 Å². The van der Waals surface area contributed by atoms with Crippen LogP contribution in [0.2, 0.25) is 0 Å². The van der Waals surface area contributed by atoms with Crippen LogP contribution in [-0.2, 0) is 19.1 Å². The fourth-order valence-electron chi connectivity index (χ4n) is 5.73. The van der Waals surface area contributed by atoms with Crippen molar-refractivity contribution >= 4 is 11.9 Å². The predicted molar refractivity (Wildman–Crippen MR) is 225 cm³/mol. The standard InChI is InChI=1S/C47H80O6/c1-4-5-6-7-8-9-10-15-19-22-25-28-32-37-44(48)38-33-30-35-40-47(51)53-42-45(49)41-52-46(50)39-34-29-26-23-20-17-14-12-11-13-16-18-21-24-27-31-36-43(2)3/h5-6,8-9,15,19,25,28,30,32-33,37,43-45,48-49H,4,7,10-14,16-18,20-24,26-27,29,31,34-36,38-42H2,1-3H3/b6-5-,9-8-,19-15-,28-25-,33-30-,37-32-/t44?,45-/m1/s1. The van der Waals surface area contributed by atoms with Crippen LogP contribution in [0.3, 0.4) is 0 Å². The Morgan fingerprint density at radius 2 is 0.981 bits per heavy atom. The van der Waals surface area contributed by atoms with Gasteiger partial charge < -0.3 is 19.7 Å². The summed E-state index contributed by atoms with van der Waals surface area (Å²) >= 11 is 0. The molecule has 0 bridgehead atoms. The van der Waals surface area contributed by atoms with Crippen molar-refractivity contribution in [2.45, 2.75) is 193 Å². The van der Waals surface area contributed by atoms with E-state index in [0.29, 0.717) is 19.3 Å². The van der Waals surface area contributed by atoms with E-state index < -0.39 is 18.2 Å². The van der Waals surface area contributed by atoms with Crippen molar-refractivity contribution in [1.29, 1.82) is 0 Å². The van der Waals surface area contributed by atoms with Crippen LogP contribution < -0.4 is 0 Å². The zero-order valence-corrected chi connectivity index (χ0v) is 34.3. The molecule has 6 nitrogen and oxygen atoms in total. The molecular weight excluding hydrogens is 661 g/mol. The second-order valence-electron chi connectivity index (χ2n) is 14.8. The number of esters is 2. The summed E-state index contributed by atoms with van der Waals surface area (Å²) in [5.41, 5.74) is 0. The van der Waals surface area contributed by atoms with Crippen LogP contribution in [-0.4, -0.2) is 47.6 Å². The number of carbonyl (C=O) groups excluding carboxylic acids is 2. The maximum absolute atomic E-state index is 12.0. The van der Waals surface area contributed by atoms with Crippen LogP contribution in [0.4, 0.5) is 0 Å². The number of hydrogen-bond donors (Lipinski definition) is 2. The number of rotatable bonds is 37. The Labute approximate surface area is 326 Å². The monoisotopic (exact) mass is 741 g/mol. The molecule has 0 spiro atoms. The summed E-state index contributed by atoms with van der Waals surface area (Å²) in [5, 5.41) is 20.1. The summed E-state index contributed by atoms with van der Waals surface area (Å²) in [4.78, 5) is 24.0. The summed E-state index contributed by atoms with van der Waals surface area (Å²) in [6, 6.07) is 0. The van der Waals surface area contributed by atoms with E-state index in [4.69, 9.17) is 9.47 Å². The van der Waals surface area contributed by atoms with Crippen LogP contribution in [0.1, 0.15) is 181 Å². The van der Waals surface area contributed by atoms with Crippen molar-refractivity contribution in [1.82, 2.24) is 0 Å². The fraction of sp³-hybridized carbons (Fsp3) is 0.702. The van der Waals surface area contributed by atoms with Crippen LogP contribution in [0.15, 0.2) is 72.9 Å². The molecule has 0 rings (SSSR count). The molecule has 0 amide bonds. The van der Waals surface area contributed by atoms with Gasteiger partial charge in [0.25, 0.3) is 0 Å². The Kier molecular flexibility index (Phi) is 38.4. The molecular formula is C47H80O6. The number of allylic oxidation sites excluding steroid dienone is 10. The molecule has 0 heterocycles. The van der Waals surface area contributed by atoms with E-state index in [1.165, 1.54) is 89.9 Å². The molecule has 0 aliphatic rings. The first-order valence-electron chi connectivity index (χ1n) is 21.5. The number of ether oxygens (including phenoxy) is 2. The number of unbranched alkanes of at least 4 members (excludes halogenated alkanes) is 15. The number of carbonyl (C=O) groups is 2. The molecule has 2 N–H and O–H groups in total. The van der Waals surface area contributed by atoms with Crippen molar-refractivity contribution in [2.24, 2.45) is 5.92 Å². The van der Waals surface area contributed by atoms with Crippen molar-refractivity contribution in [3.05, 3.63) is 72.9 Å². The highest BCUT2D eigenvalue weighted by Gasteiger charge is 2.12. The highest BCUT2D eigenvalue weighted by Crippen LogP contribution is 2.15. The minimum Gasteiger partial charge on any atom is -0.463 e. The van der Waals surface area contributed by atoms with E-state index in [1.54, 1.807) is 6.08 Å².